The fraction of sp³-hybridized carbons (Fsp3) is 0.727. The Morgan fingerprint density at radius 3 is 2.53 bits per heavy atom. The van der Waals surface area contributed by atoms with Crippen molar-refractivity contribution < 1.29 is 13.2 Å². The minimum atomic E-state index is -4.37. The number of likely N-dealkylation sites (tertiary alicyclic amines) is 1. The Bertz CT molecular complexity index is 386. The van der Waals surface area contributed by atoms with Crippen LogP contribution in [-0.2, 0) is 12.7 Å². The van der Waals surface area contributed by atoms with Gasteiger partial charge in [-0.25, -0.2) is 0 Å². The summed E-state index contributed by atoms with van der Waals surface area (Å²) in [5.74, 6) is 0. The number of alkyl halides is 3. The summed E-state index contributed by atoms with van der Waals surface area (Å²) in [6.45, 7) is 2.29. The third kappa shape index (κ3) is 4.36. The molecule has 0 atom stereocenters. The second-order valence-electron chi connectivity index (χ2n) is 4.62. The second-order valence-corrected chi connectivity index (χ2v) is 4.62. The number of halogens is 4. The minimum Gasteiger partial charge on any atom is -0.317 e. The normalized spacial score (nSPS) is 18.3. The van der Waals surface area contributed by atoms with Gasteiger partial charge in [0, 0.05) is 31.4 Å². The predicted octanol–water partition coefficient (Wildman–Crippen LogP) is 2.03. The number of aromatic nitrogens is 2. The molecule has 1 aliphatic rings. The molecule has 0 aliphatic carbocycles. The average Bonchev–Trinajstić information content (AvgIpc) is 2.78. The van der Waals surface area contributed by atoms with Crippen LogP contribution in [0.5, 0.6) is 0 Å². The lowest BCUT2D eigenvalue weighted by Gasteiger charge is -2.31. The van der Waals surface area contributed by atoms with E-state index in [0.717, 1.165) is 32.0 Å². The van der Waals surface area contributed by atoms with Crippen LogP contribution in [0.15, 0.2) is 6.07 Å². The molecule has 0 unspecified atom stereocenters. The Morgan fingerprint density at radius 2 is 2.05 bits per heavy atom. The molecular weight excluding hydrogens is 281 g/mol. The number of rotatable bonds is 3. The molecule has 19 heavy (non-hydrogen) atoms. The van der Waals surface area contributed by atoms with Gasteiger partial charge in [0.25, 0.3) is 0 Å². The number of hydrogen-bond acceptors (Lipinski definition) is 3. The number of aromatic amines is 1. The van der Waals surface area contributed by atoms with Gasteiger partial charge in [0.05, 0.1) is 0 Å². The highest BCUT2D eigenvalue weighted by Crippen LogP contribution is 2.28. The largest absolute Gasteiger partial charge is 0.435 e. The zero-order valence-electron chi connectivity index (χ0n) is 10.6. The molecule has 2 heterocycles. The van der Waals surface area contributed by atoms with Crippen LogP contribution >= 0.6 is 12.4 Å². The molecule has 1 aliphatic heterocycles. The maximum Gasteiger partial charge on any atom is 0.435 e. The standard InChI is InChI=1S/C11H17F3N4.ClH/c1-15-8-2-4-18(5-3-8)7-9-6-10(17-16-9)11(12,13)14;/h6,8,15H,2-5,7H2,1H3,(H,16,17);1H. The Morgan fingerprint density at radius 1 is 1.42 bits per heavy atom. The van der Waals surface area contributed by atoms with Gasteiger partial charge in [0.1, 0.15) is 0 Å². The van der Waals surface area contributed by atoms with Gasteiger partial charge < -0.3 is 5.32 Å². The zero-order valence-corrected chi connectivity index (χ0v) is 11.4. The van der Waals surface area contributed by atoms with Crippen molar-refractivity contribution >= 4 is 12.4 Å². The van der Waals surface area contributed by atoms with E-state index in [0.29, 0.717) is 18.3 Å². The first-order chi connectivity index (χ1) is 8.49. The lowest BCUT2D eigenvalue weighted by Crippen LogP contribution is -2.40. The first-order valence-corrected chi connectivity index (χ1v) is 6.00. The third-order valence-corrected chi connectivity index (χ3v) is 3.31. The van der Waals surface area contributed by atoms with Crippen LogP contribution < -0.4 is 5.32 Å². The Kier molecular flexibility index (Phi) is 5.64. The van der Waals surface area contributed by atoms with Crippen molar-refractivity contribution in [2.45, 2.75) is 31.6 Å². The number of H-pyrrole nitrogens is 1. The smallest absolute Gasteiger partial charge is 0.317 e. The highest BCUT2D eigenvalue weighted by atomic mass is 35.5. The quantitative estimate of drug-likeness (QED) is 0.897. The maximum absolute atomic E-state index is 12.4. The van der Waals surface area contributed by atoms with Gasteiger partial charge in [-0.15, -0.1) is 12.4 Å². The van der Waals surface area contributed by atoms with Gasteiger partial charge in [-0.1, -0.05) is 0 Å². The van der Waals surface area contributed by atoms with Crippen molar-refractivity contribution in [1.29, 1.82) is 0 Å². The van der Waals surface area contributed by atoms with Gasteiger partial charge in [0.2, 0.25) is 0 Å². The van der Waals surface area contributed by atoms with E-state index in [1.165, 1.54) is 0 Å². The summed E-state index contributed by atoms with van der Waals surface area (Å²) in [7, 11) is 1.94. The molecule has 4 nitrogen and oxygen atoms in total. The summed E-state index contributed by atoms with van der Waals surface area (Å²) in [5, 5.41) is 8.97. The first-order valence-electron chi connectivity index (χ1n) is 6.00. The molecule has 2 N–H and O–H groups in total. The average molecular weight is 299 g/mol. The van der Waals surface area contributed by atoms with E-state index in [1.807, 2.05) is 7.05 Å². The summed E-state index contributed by atoms with van der Waals surface area (Å²) in [5.41, 5.74) is -0.326. The number of hydrogen-bond donors (Lipinski definition) is 2. The van der Waals surface area contributed by atoms with Gasteiger partial charge in [-0.3, -0.25) is 10.00 Å². The van der Waals surface area contributed by atoms with Crippen molar-refractivity contribution in [1.82, 2.24) is 20.4 Å². The molecule has 0 bridgehead atoms. The maximum atomic E-state index is 12.4. The van der Waals surface area contributed by atoms with E-state index in [1.54, 1.807) is 0 Å². The molecule has 0 radical (unpaired) electrons. The molecule has 0 amide bonds. The van der Waals surface area contributed by atoms with Gasteiger partial charge in [-0.2, -0.15) is 18.3 Å². The van der Waals surface area contributed by atoms with Crippen molar-refractivity contribution in [3.05, 3.63) is 17.5 Å². The molecule has 1 fully saturated rings. The molecule has 1 aromatic heterocycles. The lowest BCUT2D eigenvalue weighted by molar-refractivity contribution is -0.141. The predicted molar refractivity (Wildman–Crippen MR) is 68.2 cm³/mol. The third-order valence-electron chi connectivity index (χ3n) is 3.31. The van der Waals surface area contributed by atoms with Crippen molar-refractivity contribution in [3.63, 3.8) is 0 Å². The molecule has 0 spiro atoms. The molecule has 0 aromatic carbocycles. The van der Waals surface area contributed by atoms with Crippen molar-refractivity contribution in [2.24, 2.45) is 0 Å². The van der Waals surface area contributed by atoms with E-state index in [-0.39, 0.29) is 12.4 Å². The first kappa shape index (κ1) is 16.3. The van der Waals surface area contributed by atoms with Crippen LogP contribution in [0.25, 0.3) is 0 Å². The summed E-state index contributed by atoms with van der Waals surface area (Å²) in [6, 6.07) is 1.61. The zero-order chi connectivity index (χ0) is 13.2. The summed E-state index contributed by atoms with van der Waals surface area (Å²) in [6.07, 6.45) is -2.32. The van der Waals surface area contributed by atoms with E-state index in [9.17, 15) is 13.2 Å². The highest BCUT2D eigenvalue weighted by molar-refractivity contribution is 5.85. The number of nitrogens with one attached hydrogen (secondary N) is 2. The number of piperidine rings is 1. The molecule has 0 saturated carbocycles. The monoisotopic (exact) mass is 298 g/mol. The Balaban J connectivity index is 0.00000180. The number of nitrogens with zero attached hydrogens (tertiary/aromatic N) is 2. The van der Waals surface area contributed by atoms with Crippen LogP contribution in [0.3, 0.4) is 0 Å². The molecule has 1 saturated heterocycles. The van der Waals surface area contributed by atoms with Crippen molar-refractivity contribution in [3.8, 4) is 0 Å². The van der Waals surface area contributed by atoms with E-state index >= 15 is 0 Å². The van der Waals surface area contributed by atoms with E-state index in [2.05, 4.69) is 20.4 Å². The van der Waals surface area contributed by atoms with E-state index < -0.39 is 11.9 Å². The minimum absolute atomic E-state index is 0. The van der Waals surface area contributed by atoms with E-state index in [4.69, 9.17) is 0 Å². The van der Waals surface area contributed by atoms with Crippen LogP contribution in [-0.4, -0.2) is 41.3 Å². The topological polar surface area (TPSA) is 44.0 Å². The SMILES string of the molecule is CNC1CCN(Cc2cc(C(F)(F)F)n[nH]2)CC1.Cl. The molecule has 1 aromatic rings. The fourth-order valence-corrected chi connectivity index (χ4v) is 2.21. The summed E-state index contributed by atoms with van der Waals surface area (Å²) in [4.78, 5) is 2.14. The molecule has 2 rings (SSSR count). The van der Waals surface area contributed by atoms with Crippen LogP contribution in [0, 0.1) is 0 Å². The van der Waals surface area contributed by atoms with Crippen LogP contribution in [0.1, 0.15) is 24.2 Å². The van der Waals surface area contributed by atoms with Gasteiger partial charge in [-0.05, 0) is 26.0 Å². The Labute approximate surface area is 116 Å². The second kappa shape index (κ2) is 6.58. The van der Waals surface area contributed by atoms with Crippen LogP contribution in [0.4, 0.5) is 13.2 Å². The van der Waals surface area contributed by atoms with Crippen LogP contribution in [0.2, 0.25) is 0 Å². The Hall–Kier alpha value is -0.790. The highest BCUT2D eigenvalue weighted by Gasteiger charge is 2.34. The lowest BCUT2D eigenvalue weighted by atomic mass is 10.1. The molecule has 110 valence electrons. The van der Waals surface area contributed by atoms with Gasteiger partial charge in [0.15, 0.2) is 5.69 Å². The molecule has 8 heteroatoms. The van der Waals surface area contributed by atoms with Gasteiger partial charge >= 0.3 is 6.18 Å². The molecular formula is C11H18ClF3N4. The van der Waals surface area contributed by atoms with Crippen molar-refractivity contribution in [2.75, 3.05) is 20.1 Å². The summed E-state index contributed by atoms with van der Waals surface area (Å²) >= 11 is 0. The fourth-order valence-electron chi connectivity index (χ4n) is 2.21. The summed E-state index contributed by atoms with van der Waals surface area (Å²) < 4.78 is 37.1.